The lowest BCUT2D eigenvalue weighted by molar-refractivity contribution is 0.0560. The fraction of sp³-hybridized carbons (Fsp3) is 0.588. The molecule has 2 aliphatic heterocycles. The van der Waals surface area contributed by atoms with Crippen LogP contribution in [0.5, 0.6) is 0 Å². The number of rotatable bonds is 3. The van der Waals surface area contributed by atoms with E-state index in [4.69, 9.17) is 0 Å². The first-order valence-electron chi connectivity index (χ1n) is 7.93. The van der Waals surface area contributed by atoms with Crippen molar-refractivity contribution in [3.05, 3.63) is 35.9 Å². The van der Waals surface area contributed by atoms with Crippen LogP contribution in [-0.2, 0) is 0 Å². The highest BCUT2D eigenvalue weighted by atomic mass is 16.2. The van der Waals surface area contributed by atoms with Gasteiger partial charge in [-0.05, 0) is 57.3 Å². The van der Waals surface area contributed by atoms with Crippen LogP contribution in [0.15, 0.2) is 30.3 Å². The van der Waals surface area contributed by atoms with Gasteiger partial charge in [-0.25, -0.2) is 0 Å². The molecule has 3 nitrogen and oxygen atoms in total. The Hall–Kier alpha value is -1.35. The van der Waals surface area contributed by atoms with Crippen LogP contribution >= 0.6 is 0 Å². The summed E-state index contributed by atoms with van der Waals surface area (Å²) in [6, 6.07) is 10.1. The zero-order valence-electron chi connectivity index (χ0n) is 12.1. The molecule has 1 amide bonds. The number of amides is 1. The van der Waals surface area contributed by atoms with E-state index in [1.807, 2.05) is 30.3 Å². The van der Waals surface area contributed by atoms with Gasteiger partial charge in [-0.15, -0.1) is 0 Å². The molecule has 2 saturated heterocycles. The van der Waals surface area contributed by atoms with E-state index < -0.39 is 0 Å². The maximum atomic E-state index is 12.7. The molecular weight excluding hydrogens is 248 g/mol. The van der Waals surface area contributed by atoms with Gasteiger partial charge in [-0.2, -0.15) is 0 Å². The van der Waals surface area contributed by atoms with E-state index >= 15 is 0 Å². The van der Waals surface area contributed by atoms with Gasteiger partial charge in [-0.3, -0.25) is 4.79 Å². The van der Waals surface area contributed by atoms with E-state index in [1.54, 1.807) is 0 Å². The first-order valence-corrected chi connectivity index (χ1v) is 7.93. The van der Waals surface area contributed by atoms with Gasteiger partial charge in [0.25, 0.3) is 5.91 Å². The summed E-state index contributed by atoms with van der Waals surface area (Å²) in [6.45, 7) is 4.42. The number of likely N-dealkylation sites (tertiary alicyclic amines) is 2. The van der Waals surface area contributed by atoms with Crippen LogP contribution in [0.2, 0.25) is 0 Å². The highest BCUT2D eigenvalue weighted by molar-refractivity contribution is 5.94. The van der Waals surface area contributed by atoms with Gasteiger partial charge in [0, 0.05) is 24.7 Å². The van der Waals surface area contributed by atoms with E-state index in [1.165, 1.54) is 32.4 Å². The monoisotopic (exact) mass is 272 g/mol. The van der Waals surface area contributed by atoms with Crippen LogP contribution in [0.3, 0.4) is 0 Å². The standard InChI is InChI=1S/C17H24N2O/c20-17(15-8-2-1-3-9-15)19-13-5-4-10-16(19)14-18-11-6-7-12-18/h1-3,8-9,16H,4-7,10-14H2/t16-/m1/s1. The molecule has 108 valence electrons. The molecule has 3 rings (SSSR count). The Morgan fingerprint density at radius 2 is 1.70 bits per heavy atom. The largest absolute Gasteiger partial charge is 0.334 e. The first-order chi connectivity index (χ1) is 9.84. The van der Waals surface area contributed by atoms with Crippen molar-refractivity contribution in [3.63, 3.8) is 0 Å². The predicted octanol–water partition coefficient (Wildman–Crippen LogP) is 2.78. The van der Waals surface area contributed by atoms with Crippen molar-refractivity contribution >= 4 is 5.91 Å². The molecule has 2 fully saturated rings. The fourth-order valence-electron chi connectivity index (χ4n) is 3.47. The third kappa shape index (κ3) is 3.04. The lowest BCUT2D eigenvalue weighted by atomic mass is 10.00. The van der Waals surface area contributed by atoms with Crippen LogP contribution in [0.25, 0.3) is 0 Å². The van der Waals surface area contributed by atoms with Crippen molar-refractivity contribution in [3.8, 4) is 0 Å². The molecule has 2 heterocycles. The summed E-state index contributed by atoms with van der Waals surface area (Å²) in [7, 11) is 0. The predicted molar refractivity (Wildman–Crippen MR) is 80.8 cm³/mol. The molecule has 1 atom stereocenters. The Labute approximate surface area is 121 Å². The minimum atomic E-state index is 0.217. The Morgan fingerprint density at radius 1 is 1.00 bits per heavy atom. The minimum Gasteiger partial charge on any atom is -0.334 e. The van der Waals surface area contributed by atoms with Gasteiger partial charge in [0.15, 0.2) is 0 Å². The van der Waals surface area contributed by atoms with Gasteiger partial charge in [0.2, 0.25) is 0 Å². The molecule has 20 heavy (non-hydrogen) atoms. The molecule has 2 aliphatic rings. The van der Waals surface area contributed by atoms with Crippen molar-refractivity contribution in [1.29, 1.82) is 0 Å². The zero-order chi connectivity index (χ0) is 13.8. The van der Waals surface area contributed by atoms with E-state index in [0.717, 1.165) is 31.5 Å². The number of benzene rings is 1. The molecule has 0 spiro atoms. The molecule has 0 saturated carbocycles. The summed E-state index contributed by atoms with van der Waals surface area (Å²) in [5, 5.41) is 0. The quantitative estimate of drug-likeness (QED) is 0.844. The first kappa shape index (κ1) is 13.6. The molecule has 0 N–H and O–H groups in total. The number of nitrogens with zero attached hydrogens (tertiary/aromatic N) is 2. The normalized spacial score (nSPS) is 24.0. The van der Waals surface area contributed by atoms with Gasteiger partial charge in [0.05, 0.1) is 0 Å². The third-order valence-corrected chi connectivity index (χ3v) is 4.58. The van der Waals surface area contributed by atoms with Gasteiger partial charge in [0.1, 0.15) is 0 Å². The smallest absolute Gasteiger partial charge is 0.254 e. The Bertz CT molecular complexity index is 440. The molecule has 0 aliphatic carbocycles. The maximum Gasteiger partial charge on any atom is 0.254 e. The van der Waals surface area contributed by atoms with Crippen LogP contribution in [0.1, 0.15) is 42.5 Å². The third-order valence-electron chi connectivity index (χ3n) is 4.58. The Morgan fingerprint density at radius 3 is 2.45 bits per heavy atom. The number of hydrogen-bond donors (Lipinski definition) is 0. The van der Waals surface area contributed by atoms with Gasteiger partial charge < -0.3 is 9.80 Å². The average Bonchev–Trinajstić information content (AvgIpc) is 3.01. The fourth-order valence-corrected chi connectivity index (χ4v) is 3.47. The molecule has 3 heteroatoms. The lowest BCUT2D eigenvalue weighted by Crippen LogP contribution is -2.49. The number of piperidine rings is 1. The van der Waals surface area contributed by atoms with Crippen LogP contribution in [-0.4, -0.2) is 47.9 Å². The molecule has 0 unspecified atom stereocenters. The number of carbonyl (C=O) groups excluding carboxylic acids is 1. The van der Waals surface area contributed by atoms with E-state index in [-0.39, 0.29) is 5.91 Å². The summed E-state index contributed by atoms with van der Waals surface area (Å²) in [5.41, 5.74) is 0.834. The van der Waals surface area contributed by atoms with E-state index in [9.17, 15) is 4.79 Å². The minimum absolute atomic E-state index is 0.217. The summed E-state index contributed by atoms with van der Waals surface area (Å²) in [6.07, 6.45) is 6.21. The molecule has 0 bridgehead atoms. The summed E-state index contributed by atoms with van der Waals surface area (Å²) < 4.78 is 0. The van der Waals surface area contributed by atoms with Crippen LogP contribution in [0.4, 0.5) is 0 Å². The second-order valence-corrected chi connectivity index (χ2v) is 6.02. The molecule has 0 aromatic heterocycles. The van der Waals surface area contributed by atoms with Crippen molar-refractivity contribution in [2.45, 2.75) is 38.1 Å². The maximum absolute atomic E-state index is 12.7. The van der Waals surface area contributed by atoms with Crippen molar-refractivity contribution < 1.29 is 4.79 Å². The Kier molecular flexibility index (Phi) is 4.36. The van der Waals surface area contributed by atoms with Gasteiger partial charge >= 0.3 is 0 Å². The van der Waals surface area contributed by atoms with Crippen molar-refractivity contribution in [1.82, 2.24) is 9.80 Å². The Balaban J connectivity index is 1.69. The zero-order valence-corrected chi connectivity index (χ0v) is 12.1. The highest BCUT2D eigenvalue weighted by Crippen LogP contribution is 2.22. The summed E-state index contributed by atoms with van der Waals surface area (Å²) >= 11 is 0. The molecule has 1 aromatic rings. The summed E-state index contributed by atoms with van der Waals surface area (Å²) in [4.78, 5) is 17.3. The lowest BCUT2D eigenvalue weighted by Gasteiger charge is -2.38. The summed E-state index contributed by atoms with van der Waals surface area (Å²) in [5.74, 6) is 0.217. The average molecular weight is 272 g/mol. The van der Waals surface area contributed by atoms with E-state index in [0.29, 0.717) is 6.04 Å². The second-order valence-electron chi connectivity index (χ2n) is 6.02. The van der Waals surface area contributed by atoms with Crippen molar-refractivity contribution in [2.75, 3.05) is 26.2 Å². The molecular formula is C17H24N2O. The highest BCUT2D eigenvalue weighted by Gasteiger charge is 2.29. The topological polar surface area (TPSA) is 23.6 Å². The second kappa shape index (κ2) is 6.40. The molecule has 0 radical (unpaired) electrons. The van der Waals surface area contributed by atoms with E-state index in [2.05, 4.69) is 9.80 Å². The molecule has 1 aromatic carbocycles. The number of carbonyl (C=O) groups is 1. The number of hydrogen-bond acceptors (Lipinski definition) is 2. The SMILES string of the molecule is O=C(c1ccccc1)N1CCCC[C@@H]1CN1CCCC1. The van der Waals surface area contributed by atoms with Crippen LogP contribution in [0, 0.1) is 0 Å². The van der Waals surface area contributed by atoms with Crippen molar-refractivity contribution in [2.24, 2.45) is 0 Å². The van der Waals surface area contributed by atoms with Crippen LogP contribution < -0.4 is 0 Å². The van der Waals surface area contributed by atoms with Gasteiger partial charge in [-0.1, -0.05) is 18.2 Å².